The van der Waals surface area contributed by atoms with Crippen LogP contribution >= 0.6 is 22.0 Å². The molecule has 0 bridgehead atoms. The van der Waals surface area contributed by atoms with Crippen molar-refractivity contribution >= 4 is 47.8 Å². The van der Waals surface area contributed by atoms with E-state index in [0.717, 1.165) is 11.3 Å². The van der Waals surface area contributed by atoms with Crippen molar-refractivity contribution in [2.75, 3.05) is 18.1 Å². The maximum absolute atomic E-state index is 11.8. The predicted octanol–water partition coefficient (Wildman–Crippen LogP) is 1.48. The highest BCUT2D eigenvalue weighted by Gasteiger charge is 2.21. The third-order valence-corrected chi connectivity index (χ3v) is 7.01. The minimum Gasteiger partial charge on any atom is -0.351 e. The molecule has 1 aromatic heterocycles. The largest absolute Gasteiger partial charge is 0.351 e. The Balaban J connectivity index is 2.74. The second-order valence-electron chi connectivity index (χ2n) is 3.69. The lowest BCUT2D eigenvalue weighted by Crippen LogP contribution is -2.28. The second kappa shape index (κ2) is 6.83. The lowest BCUT2D eigenvalue weighted by Gasteiger charge is -2.04. The van der Waals surface area contributed by atoms with Gasteiger partial charge in [-0.2, -0.15) is 0 Å². The Labute approximate surface area is 123 Å². The maximum atomic E-state index is 11.8. The van der Waals surface area contributed by atoms with Crippen molar-refractivity contribution in [2.45, 2.75) is 18.1 Å². The summed E-state index contributed by atoms with van der Waals surface area (Å²) in [6.07, 6.45) is 0. The van der Waals surface area contributed by atoms with E-state index in [9.17, 15) is 17.4 Å². The van der Waals surface area contributed by atoms with Gasteiger partial charge in [-0.15, -0.1) is 11.3 Å². The number of nitrogens with one attached hydrogen (secondary N) is 1. The molecule has 0 aliphatic carbocycles. The average Bonchev–Trinajstić information content (AvgIpc) is 2.70. The first-order valence-electron chi connectivity index (χ1n) is 5.43. The van der Waals surface area contributed by atoms with E-state index in [1.54, 1.807) is 6.92 Å². The molecule has 0 aromatic carbocycles. The molecule has 0 radical (unpaired) electrons. The van der Waals surface area contributed by atoms with E-state index in [2.05, 4.69) is 5.32 Å². The molecule has 0 saturated heterocycles. The molecular formula is C10H14ClNO4S3. The van der Waals surface area contributed by atoms with Crippen LogP contribution in [0, 0.1) is 6.92 Å². The lowest BCUT2D eigenvalue weighted by atomic mass is 10.2. The molecule has 0 spiro atoms. The van der Waals surface area contributed by atoms with Crippen LogP contribution in [-0.2, 0) is 19.9 Å². The summed E-state index contributed by atoms with van der Waals surface area (Å²) in [5, 5.41) is 4.06. The van der Waals surface area contributed by atoms with Gasteiger partial charge in [0.05, 0.1) is 5.56 Å². The number of carbonyl (C=O) groups is 1. The van der Waals surface area contributed by atoms with Gasteiger partial charge in [0.2, 0.25) is 0 Å². The first kappa shape index (κ1) is 16.6. The van der Waals surface area contributed by atoms with E-state index in [1.165, 1.54) is 12.3 Å². The van der Waals surface area contributed by atoms with Crippen LogP contribution in [0.3, 0.4) is 0 Å². The van der Waals surface area contributed by atoms with E-state index in [4.69, 9.17) is 10.7 Å². The number of carbonyl (C=O) groups excluding carboxylic acids is 1. The summed E-state index contributed by atoms with van der Waals surface area (Å²) in [6.45, 7) is 3.63. The topological polar surface area (TPSA) is 80.3 Å². The quantitative estimate of drug-likeness (QED) is 0.793. The molecule has 9 heteroatoms. The normalized spacial score (nSPS) is 13.2. The van der Waals surface area contributed by atoms with Crippen LogP contribution in [0.4, 0.5) is 0 Å². The van der Waals surface area contributed by atoms with Crippen molar-refractivity contribution in [3.8, 4) is 0 Å². The smallest absolute Gasteiger partial charge is 0.271 e. The van der Waals surface area contributed by atoms with Crippen molar-refractivity contribution < 1.29 is 17.4 Å². The number of rotatable bonds is 6. The Bertz CT molecular complexity index is 594. The third-order valence-electron chi connectivity index (χ3n) is 2.40. The first-order valence-corrected chi connectivity index (χ1v) is 10.1. The number of thiophene rings is 1. The SMILES string of the molecule is CCS(=O)CCNC(=O)c1csc(S(=O)(=O)Cl)c1C. The zero-order valence-corrected chi connectivity index (χ0v) is 13.6. The zero-order valence-electron chi connectivity index (χ0n) is 10.4. The van der Waals surface area contributed by atoms with Gasteiger partial charge >= 0.3 is 0 Å². The van der Waals surface area contributed by atoms with E-state index in [-0.39, 0.29) is 22.2 Å². The predicted molar refractivity (Wildman–Crippen MR) is 78.0 cm³/mol. The molecule has 19 heavy (non-hydrogen) atoms. The Morgan fingerprint density at radius 1 is 1.53 bits per heavy atom. The standard InChI is InChI=1S/C10H14ClNO4S3/c1-3-18(14)5-4-12-9(13)8-6-17-10(7(8)2)19(11,15)16/h6H,3-5H2,1-2H3,(H,12,13). The summed E-state index contributed by atoms with van der Waals surface area (Å²) in [5.41, 5.74) is 0.626. The fourth-order valence-electron chi connectivity index (χ4n) is 1.38. The van der Waals surface area contributed by atoms with E-state index >= 15 is 0 Å². The summed E-state index contributed by atoms with van der Waals surface area (Å²) >= 11 is 0.915. The molecule has 1 unspecified atom stereocenters. The van der Waals surface area contributed by atoms with Crippen molar-refractivity contribution in [3.05, 3.63) is 16.5 Å². The van der Waals surface area contributed by atoms with Crippen LogP contribution < -0.4 is 5.32 Å². The lowest BCUT2D eigenvalue weighted by molar-refractivity contribution is 0.0956. The maximum Gasteiger partial charge on any atom is 0.271 e. The second-order valence-corrected chi connectivity index (χ2v) is 9.19. The molecular weight excluding hydrogens is 330 g/mol. The Morgan fingerprint density at radius 2 is 2.16 bits per heavy atom. The van der Waals surface area contributed by atoms with Crippen molar-refractivity contribution in [1.29, 1.82) is 0 Å². The Morgan fingerprint density at radius 3 is 2.63 bits per heavy atom. The summed E-state index contributed by atoms with van der Waals surface area (Å²) in [4.78, 5) is 11.8. The van der Waals surface area contributed by atoms with E-state index < -0.39 is 19.9 Å². The highest BCUT2D eigenvalue weighted by atomic mass is 35.7. The zero-order chi connectivity index (χ0) is 14.6. The van der Waals surface area contributed by atoms with Crippen LogP contribution in [-0.4, -0.2) is 36.6 Å². The minimum absolute atomic E-state index is 0.0172. The fourth-order valence-corrected chi connectivity index (χ4v) is 4.55. The minimum atomic E-state index is -3.82. The van der Waals surface area contributed by atoms with Gasteiger partial charge in [0, 0.05) is 44.9 Å². The molecule has 1 heterocycles. The third kappa shape index (κ3) is 4.55. The van der Waals surface area contributed by atoms with Gasteiger partial charge in [0.25, 0.3) is 15.0 Å². The van der Waals surface area contributed by atoms with Gasteiger partial charge in [-0.25, -0.2) is 8.42 Å². The van der Waals surface area contributed by atoms with Gasteiger partial charge in [-0.05, 0) is 12.5 Å². The van der Waals surface area contributed by atoms with Gasteiger partial charge in [-0.1, -0.05) is 6.92 Å². The summed E-state index contributed by atoms with van der Waals surface area (Å²) in [7, 11) is 0.492. The van der Waals surface area contributed by atoms with E-state index in [0.29, 0.717) is 17.1 Å². The van der Waals surface area contributed by atoms with Crippen molar-refractivity contribution in [1.82, 2.24) is 5.32 Å². The van der Waals surface area contributed by atoms with Crippen molar-refractivity contribution in [3.63, 3.8) is 0 Å². The van der Waals surface area contributed by atoms with Gasteiger partial charge in [0.1, 0.15) is 4.21 Å². The van der Waals surface area contributed by atoms with Gasteiger partial charge in [-0.3, -0.25) is 9.00 Å². The van der Waals surface area contributed by atoms with Crippen LogP contribution in [0.15, 0.2) is 9.59 Å². The molecule has 0 aliphatic heterocycles. The number of hydrogen-bond acceptors (Lipinski definition) is 5. The molecule has 5 nitrogen and oxygen atoms in total. The summed E-state index contributed by atoms with van der Waals surface area (Å²) in [6, 6.07) is 0. The Kier molecular flexibility index (Phi) is 5.97. The Hall–Kier alpha value is -0.440. The van der Waals surface area contributed by atoms with Crippen LogP contribution in [0.1, 0.15) is 22.8 Å². The van der Waals surface area contributed by atoms with Gasteiger partial charge < -0.3 is 5.32 Å². The molecule has 1 rings (SSSR count). The monoisotopic (exact) mass is 343 g/mol. The number of amides is 1. The molecule has 0 saturated carbocycles. The number of hydrogen-bond donors (Lipinski definition) is 1. The van der Waals surface area contributed by atoms with E-state index in [1.807, 2.05) is 0 Å². The average molecular weight is 344 g/mol. The molecule has 1 aromatic rings. The number of halogens is 1. The molecule has 1 amide bonds. The van der Waals surface area contributed by atoms with Crippen LogP contribution in [0.5, 0.6) is 0 Å². The van der Waals surface area contributed by atoms with Crippen LogP contribution in [0.25, 0.3) is 0 Å². The molecule has 1 N–H and O–H groups in total. The van der Waals surface area contributed by atoms with Crippen molar-refractivity contribution in [2.24, 2.45) is 0 Å². The van der Waals surface area contributed by atoms with Crippen LogP contribution in [0.2, 0.25) is 0 Å². The summed E-state index contributed by atoms with van der Waals surface area (Å²) < 4.78 is 33.7. The summed E-state index contributed by atoms with van der Waals surface area (Å²) in [5.74, 6) is 0.544. The van der Waals surface area contributed by atoms with Gasteiger partial charge in [0.15, 0.2) is 0 Å². The fraction of sp³-hybridized carbons (Fsp3) is 0.500. The molecule has 0 aliphatic rings. The molecule has 1 atom stereocenters. The first-order chi connectivity index (χ1) is 8.77. The highest BCUT2D eigenvalue weighted by Crippen LogP contribution is 2.29. The highest BCUT2D eigenvalue weighted by molar-refractivity contribution is 8.15. The molecule has 108 valence electrons. The molecule has 0 fully saturated rings.